The van der Waals surface area contributed by atoms with E-state index >= 15 is 0 Å². The van der Waals surface area contributed by atoms with E-state index in [0.717, 1.165) is 5.56 Å². The van der Waals surface area contributed by atoms with Crippen molar-refractivity contribution in [2.45, 2.75) is 19.9 Å². The van der Waals surface area contributed by atoms with Crippen molar-refractivity contribution in [2.75, 3.05) is 0 Å². The number of pyridine rings is 1. The highest BCUT2D eigenvalue weighted by molar-refractivity contribution is 5.64. The molecule has 2 aromatic heterocycles. The highest BCUT2D eigenvalue weighted by Gasteiger charge is 2.17. The Morgan fingerprint density at radius 2 is 2.33 bits per heavy atom. The Kier molecular flexibility index (Phi) is 3.22. The van der Waals surface area contributed by atoms with Gasteiger partial charge in [0.05, 0.1) is 0 Å². The van der Waals surface area contributed by atoms with Gasteiger partial charge in [-0.1, -0.05) is 5.16 Å². The molecule has 0 fully saturated rings. The lowest BCUT2D eigenvalue weighted by Crippen LogP contribution is -2.24. The number of amides is 1. The molecule has 2 N–H and O–H groups in total. The third-order valence-corrected chi connectivity index (χ3v) is 2.30. The van der Waals surface area contributed by atoms with Crippen LogP contribution in [0, 0.1) is 6.92 Å². The monoisotopic (exact) mass is 248 g/mol. The predicted octanol–water partition coefficient (Wildman–Crippen LogP) is 1.77. The fraction of sp³-hybridized carbons (Fsp3) is 0.273. The van der Waals surface area contributed by atoms with Crippen molar-refractivity contribution >= 4 is 6.09 Å². The summed E-state index contributed by atoms with van der Waals surface area (Å²) in [6, 6.07) is 3.12. The van der Waals surface area contributed by atoms with Crippen LogP contribution in [0.1, 0.15) is 24.4 Å². The van der Waals surface area contributed by atoms with E-state index < -0.39 is 12.1 Å². The summed E-state index contributed by atoms with van der Waals surface area (Å²) in [5, 5.41) is 14.6. The number of nitrogens with one attached hydrogen (secondary N) is 1. The summed E-state index contributed by atoms with van der Waals surface area (Å²) < 4.78 is 4.99. The van der Waals surface area contributed by atoms with Crippen LogP contribution in [0.25, 0.3) is 11.5 Å². The normalized spacial score (nSPS) is 12.1. The molecule has 1 unspecified atom stereocenters. The second-order valence-electron chi connectivity index (χ2n) is 3.85. The summed E-state index contributed by atoms with van der Waals surface area (Å²) in [6.45, 7) is 3.55. The van der Waals surface area contributed by atoms with E-state index in [0.29, 0.717) is 11.5 Å². The van der Waals surface area contributed by atoms with E-state index in [1.54, 1.807) is 13.1 Å². The SMILES string of the molecule is Cc1ccnc(-c2noc(C(C)NC(=O)O)n2)c1. The van der Waals surface area contributed by atoms with Crippen molar-refractivity contribution in [3.05, 3.63) is 29.8 Å². The van der Waals surface area contributed by atoms with Gasteiger partial charge in [0, 0.05) is 6.20 Å². The Bertz CT molecular complexity index is 567. The highest BCUT2D eigenvalue weighted by Crippen LogP contribution is 2.17. The van der Waals surface area contributed by atoms with E-state index in [1.165, 1.54) is 0 Å². The number of hydrogen-bond acceptors (Lipinski definition) is 5. The molecule has 2 heterocycles. The van der Waals surface area contributed by atoms with Gasteiger partial charge in [0.15, 0.2) is 0 Å². The second kappa shape index (κ2) is 4.82. The lowest BCUT2D eigenvalue weighted by atomic mass is 10.2. The Balaban J connectivity index is 2.22. The molecule has 0 aliphatic heterocycles. The summed E-state index contributed by atoms with van der Waals surface area (Å²) >= 11 is 0. The molecular formula is C11H12N4O3. The molecule has 0 aliphatic carbocycles. The van der Waals surface area contributed by atoms with Gasteiger partial charge in [-0.15, -0.1) is 0 Å². The third kappa shape index (κ3) is 2.62. The zero-order chi connectivity index (χ0) is 13.1. The zero-order valence-electron chi connectivity index (χ0n) is 9.91. The standard InChI is InChI=1S/C11H12N4O3/c1-6-3-4-12-8(5-6)9-14-10(18-15-9)7(2)13-11(16)17/h3-5,7,13H,1-2H3,(H,16,17). The largest absolute Gasteiger partial charge is 0.465 e. The summed E-state index contributed by atoms with van der Waals surface area (Å²) in [7, 11) is 0. The van der Waals surface area contributed by atoms with E-state index in [9.17, 15) is 4.79 Å². The maximum absolute atomic E-state index is 10.5. The molecule has 0 spiro atoms. The average Bonchev–Trinajstić information content (AvgIpc) is 2.77. The summed E-state index contributed by atoms with van der Waals surface area (Å²) in [4.78, 5) is 18.7. The Labute approximate surface area is 103 Å². The number of aryl methyl sites for hydroxylation is 1. The van der Waals surface area contributed by atoms with Crippen molar-refractivity contribution in [1.82, 2.24) is 20.4 Å². The number of aromatic nitrogens is 3. The van der Waals surface area contributed by atoms with E-state index in [-0.39, 0.29) is 5.89 Å². The van der Waals surface area contributed by atoms with Crippen LogP contribution in [0.15, 0.2) is 22.9 Å². The lowest BCUT2D eigenvalue weighted by molar-refractivity contribution is 0.187. The molecule has 2 rings (SSSR count). The number of rotatable bonds is 3. The molecule has 1 amide bonds. The smallest absolute Gasteiger partial charge is 0.405 e. The summed E-state index contributed by atoms with van der Waals surface area (Å²) in [6.07, 6.45) is 0.510. The molecule has 7 nitrogen and oxygen atoms in total. The molecule has 0 saturated heterocycles. The number of nitrogens with zero attached hydrogens (tertiary/aromatic N) is 3. The molecule has 0 aromatic carbocycles. The molecule has 1 atom stereocenters. The van der Waals surface area contributed by atoms with Gasteiger partial charge in [-0.05, 0) is 31.5 Å². The van der Waals surface area contributed by atoms with Crippen molar-refractivity contribution in [3.63, 3.8) is 0 Å². The fourth-order valence-electron chi connectivity index (χ4n) is 1.42. The van der Waals surface area contributed by atoms with Gasteiger partial charge < -0.3 is 14.9 Å². The van der Waals surface area contributed by atoms with Gasteiger partial charge in [-0.3, -0.25) is 4.98 Å². The topological polar surface area (TPSA) is 101 Å². The van der Waals surface area contributed by atoms with Crippen LogP contribution >= 0.6 is 0 Å². The molecule has 0 bridgehead atoms. The van der Waals surface area contributed by atoms with Crippen molar-refractivity contribution < 1.29 is 14.4 Å². The van der Waals surface area contributed by atoms with E-state index in [4.69, 9.17) is 9.63 Å². The minimum Gasteiger partial charge on any atom is -0.465 e. The first kappa shape index (κ1) is 12.0. The first-order valence-corrected chi connectivity index (χ1v) is 5.32. The Morgan fingerprint density at radius 1 is 1.56 bits per heavy atom. The van der Waals surface area contributed by atoms with Gasteiger partial charge >= 0.3 is 6.09 Å². The molecule has 94 valence electrons. The first-order valence-electron chi connectivity index (χ1n) is 5.32. The molecule has 0 radical (unpaired) electrons. The average molecular weight is 248 g/mol. The summed E-state index contributed by atoms with van der Waals surface area (Å²) in [5.41, 5.74) is 1.62. The number of hydrogen-bond donors (Lipinski definition) is 2. The maximum Gasteiger partial charge on any atom is 0.405 e. The van der Waals surface area contributed by atoms with Gasteiger partial charge in [0.25, 0.3) is 0 Å². The van der Waals surface area contributed by atoms with Crippen molar-refractivity contribution in [3.8, 4) is 11.5 Å². The predicted molar refractivity (Wildman–Crippen MR) is 61.8 cm³/mol. The van der Waals surface area contributed by atoms with Crippen molar-refractivity contribution in [1.29, 1.82) is 0 Å². The van der Waals surface area contributed by atoms with Crippen LogP contribution in [0.3, 0.4) is 0 Å². The third-order valence-electron chi connectivity index (χ3n) is 2.30. The lowest BCUT2D eigenvalue weighted by Gasteiger charge is -2.04. The number of carbonyl (C=O) groups is 1. The molecule has 0 aliphatic rings. The minimum atomic E-state index is -1.14. The van der Waals surface area contributed by atoms with Crippen molar-refractivity contribution in [2.24, 2.45) is 0 Å². The van der Waals surface area contributed by atoms with Crippen LogP contribution in [0.2, 0.25) is 0 Å². The molecule has 18 heavy (non-hydrogen) atoms. The molecule has 7 heteroatoms. The second-order valence-corrected chi connectivity index (χ2v) is 3.85. The fourth-order valence-corrected chi connectivity index (χ4v) is 1.42. The Hall–Kier alpha value is -2.44. The molecular weight excluding hydrogens is 236 g/mol. The quantitative estimate of drug-likeness (QED) is 0.858. The van der Waals surface area contributed by atoms with E-state index in [2.05, 4.69) is 20.4 Å². The molecule has 2 aromatic rings. The highest BCUT2D eigenvalue weighted by atomic mass is 16.5. The first-order chi connectivity index (χ1) is 8.56. The summed E-state index contributed by atoms with van der Waals surface area (Å²) in [5.74, 6) is 0.545. The molecule has 0 saturated carbocycles. The van der Waals surface area contributed by atoms with Crippen LogP contribution in [0.5, 0.6) is 0 Å². The van der Waals surface area contributed by atoms with E-state index in [1.807, 2.05) is 19.1 Å². The Morgan fingerprint density at radius 3 is 3.00 bits per heavy atom. The van der Waals surface area contributed by atoms with Crippen LogP contribution < -0.4 is 5.32 Å². The van der Waals surface area contributed by atoms with Gasteiger partial charge in [-0.25, -0.2) is 4.79 Å². The van der Waals surface area contributed by atoms with Gasteiger partial charge in [0.1, 0.15) is 11.7 Å². The van der Waals surface area contributed by atoms with Crippen LogP contribution in [0.4, 0.5) is 4.79 Å². The van der Waals surface area contributed by atoms with Crippen LogP contribution in [-0.4, -0.2) is 26.3 Å². The van der Waals surface area contributed by atoms with Gasteiger partial charge in [-0.2, -0.15) is 4.98 Å². The van der Waals surface area contributed by atoms with Crippen LogP contribution in [-0.2, 0) is 0 Å². The van der Waals surface area contributed by atoms with Gasteiger partial charge in [0.2, 0.25) is 11.7 Å². The maximum atomic E-state index is 10.5. The zero-order valence-corrected chi connectivity index (χ0v) is 9.91. The number of carboxylic acid groups (broad SMARTS) is 1. The minimum absolute atomic E-state index is 0.204.